The first kappa shape index (κ1) is 19.9. The molecule has 5 nitrogen and oxygen atoms in total. The van der Waals surface area contributed by atoms with Crippen LogP contribution in [0.3, 0.4) is 0 Å². The lowest BCUT2D eigenvalue weighted by Gasteiger charge is -2.29. The standard InChI is InChI=1S/C23H29N3O2/c1-17-7-8-20(15-18(17)2)24-23(28)16-26(19(3)27)22-11-9-21(10-12-22)25-13-5-4-6-14-25/h7-12,15H,4-6,13-14,16H2,1-3H3,(H,24,28). The molecule has 0 radical (unpaired) electrons. The summed E-state index contributed by atoms with van der Waals surface area (Å²) in [6, 6.07) is 13.7. The van der Waals surface area contributed by atoms with Crippen LogP contribution >= 0.6 is 0 Å². The number of nitrogens with zero attached hydrogens (tertiary/aromatic N) is 2. The molecule has 5 heteroatoms. The lowest BCUT2D eigenvalue weighted by molar-refractivity contribution is -0.120. The lowest BCUT2D eigenvalue weighted by atomic mass is 10.1. The van der Waals surface area contributed by atoms with Crippen LogP contribution in [0, 0.1) is 13.8 Å². The molecule has 1 aliphatic rings. The third-order valence-electron chi connectivity index (χ3n) is 5.36. The monoisotopic (exact) mass is 379 g/mol. The summed E-state index contributed by atoms with van der Waals surface area (Å²) in [7, 11) is 0. The van der Waals surface area contributed by atoms with Crippen LogP contribution in [0.5, 0.6) is 0 Å². The number of amides is 2. The number of hydrogen-bond acceptors (Lipinski definition) is 3. The van der Waals surface area contributed by atoms with Gasteiger partial charge in [-0.3, -0.25) is 9.59 Å². The van der Waals surface area contributed by atoms with Crippen molar-refractivity contribution >= 4 is 28.9 Å². The van der Waals surface area contributed by atoms with E-state index in [2.05, 4.69) is 10.2 Å². The molecular formula is C23H29N3O2. The number of anilines is 3. The molecule has 2 aromatic rings. The summed E-state index contributed by atoms with van der Waals surface area (Å²) in [5.41, 5.74) is 4.96. The third-order valence-corrected chi connectivity index (χ3v) is 5.36. The maximum atomic E-state index is 12.5. The van der Waals surface area contributed by atoms with Crippen LogP contribution in [-0.2, 0) is 9.59 Å². The van der Waals surface area contributed by atoms with Gasteiger partial charge in [0.05, 0.1) is 0 Å². The zero-order chi connectivity index (χ0) is 20.1. The van der Waals surface area contributed by atoms with Crippen molar-refractivity contribution in [3.8, 4) is 0 Å². The van der Waals surface area contributed by atoms with Crippen molar-refractivity contribution in [2.24, 2.45) is 0 Å². The largest absolute Gasteiger partial charge is 0.372 e. The average molecular weight is 380 g/mol. The van der Waals surface area contributed by atoms with Crippen LogP contribution in [0.15, 0.2) is 42.5 Å². The Morgan fingerprint density at radius 2 is 1.64 bits per heavy atom. The average Bonchev–Trinajstić information content (AvgIpc) is 2.70. The van der Waals surface area contributed by atoms with E-state index in [0.29, 0.717) is 0 Å². The second kappa shape index (κ2) is 8.91. The Morgan fingerprint density at radius 3 is 2.25 bits per heavy atom. The molecule has 0 bridgehead atoms. The summed E-state index contributed by atoms with van der Waals surface area (Å²) < 4.78 is 0. The maximum Gasteiger partial charge on any atom is 0.244 e. The van der Waals surface area contributed by atoms with Gasteiger partial charge in [-0.15, -0.1) is 0 Å². The molecule has 0 spiro atoms. The normalized spacial score (nSPS) is 13.9. The van der Waals surface area contributed by atoms with Crippen LogP contribution in [0.4, 0.5) is 17.1 Å². The fourth-order valence-electron chi connectivity index (χ4n) is 3.54. The first-order valence-electron chi connectivity index (χ1n) is 9.94. The van der Waals surface area contributed by atoms with E-state index in [1.54, 1.807) is 0 Å². The Labute approximate surface area is 167 Å². The Kier molecular flexibility index (Phi) is 6.34. The number of piperidine rings is 1. The van der Waals surface area contributed by atoms with E-state index < -0.39 is 0 Å². The second-order valence-electron chi connectivity index (χ2n) is 7.52. The van der Waals surface area contributed by atoms with E-state index in [4.69, 9.17) is 0 Å². The number of carbonyl (C=O) groups excluding carboxylic acids is 2. The van der Waals surface area contributed by atoms with E-state index >= 15 is 0 Å². The molecule has 28 heavy (non-hydrogen) atoms. The van der Waals surface area contributed by atoms with E-state index in [1.807, 2.05) is 56.3 Å². The van der Waals surface area contributed by atoms with Crippen molar-refractivity contribution in [3.63, 3.8) is 0 Å². The molecule has 1 fully saturated rings. The predicted octanol–water partition coefficient (Wildman–Crippen LogP) is 4.29. The van der Waals surface area contributed by atoms with Gasteiger partial charge in [0.15, 0.2) is 0 Å². The van der Waals surface area contributed by atoms with Crippen LogP contribution < -0.4 is 15.1 Å². The molecule has 0 saturated carbocycles. The summed E-state index contributed by atoms with van der Waals surface area (Å²) in [4.78, 5) is 28.5. The minimum Gasteiger partial charge on any atom is -0.372 e. The van der Waals surface area contributed by atoms with Gasteiger partial charge in [-0.1, -0.05) is 6.07 Å². The van der Waals surface area contributed by atoms with E-state index in [-0.39, 0.29) is 18.4 Å². The van der Waals surface area contributed by atoms with Gasteiger partial charge in [0.25, 0.3) is 0 Å². The number of aryl methyl sites for hydroxylation is 2. The zero-order valence-corrected chi connectivity index (χ0v) is 17.0. The van der Waals surface area contributed by atoms with E-state index in [1.165, 1.54) is 42.3 Å². The first-order chi connectivity index (χ1) is 13.4. The summed E-state index contributed by atoms with van der Waals surface area (Å²) in [5, 5.41) is 2.89. The lowest BCUT2D eigenvalue weighted by Crippen LogP contribution is -2.36. The molecule has 2 aromatic carbocycles. The van der Waals surface area contributed by atoms with Crippen molar-refractivity contribution in [1.29, 1.82) is 0 Å². The first-order valence-corrected chi connectivity index (χ1v) is 9.94. The van der Waals surface area contributed by atoms with Gasteiger partial charge in [-0.2, -0.15) is 0 Å². The van der Waals surface area contributed by atoms with E-state index in [9.17, 15) is 9.59 Å². The highest BCUT2D eigenvalue weighted by Gasteiger charge is 2.17. The smallest absolute Gasteiger partial charge is 0.244 e. The topological polar surface area (TPSA) is 52.7 Å². The van der Waals surface area contributed by atoms with Crippen molar-refractivity contribution in [1.82, 2.24) is 0 Å². The molecule has 0 unspecified atom stereocenters. The summed E-state index contributed by atoms with van der Waals surface area (Å²) >= 11 is 0. The Balaban J connectivity index is 1.67. The number of carbonyl (C=O) groups is 2. The highest BCUT2D eigenvalue weighted by Crippen LogP contribution is 2.24. The Bertz CT molecular complexity index is 839. The Hall–Kier alpha value is -2.82. The molecule has 0 aliphatic carbocycles. The van der Waals surface area contributed by atoms with Gasteiger partial charge >= 0.3 is 0 Å². The van der Waals surface area contributed by atoms with Crippen LogP contribution in [-0.4, -0.2) is 31.4 Å². The molecule has 0 atom stereocenters. The van der Waals surface area contributed by atoms with E-state index in [0.717, 1.165) is 30.0 Å². The maximum absolute atomic E-state index is 12.5. The van der Waals surface area contributed by atoms with Crippen molar-refractivity contribution in [2.45, 2.75) is 40.0 Å². The number of benzene rings is 2. The third kappa shape index (κ3) is 4.91. The Morgan fingerprint density at radius 1 is 0.964 bits per heavy atom. The van der Waals surface area contributed by atoms with Crippen LogP contribution in [0.25, 0.3) is 0 Å². The fraction of sp³-hybridized carbons (Fsp3) is 0.391. The van der Waals surface area contributed by atoms with Crippen molar-refractivity contribution in [3.05, 3.63) is 53.6 Å². The number of nitrogens with one attached hydrogen (secondary N) is 1. The van der Waals surface area contributed by atoms with Crippen molar-refractivity contribution < 1.29 is 9.59 Å². The number of rotatable bonds is 5. The molecular weight excluding hydrogens is 350 g/mol. The van der Waals surface area contributed by atoms with Gasteiger partial charge in [-0.05, 0) is 80.6 Å². The molecule has 1 aliphatic heterocycles. The zero-order valence-electron chi connectivity index (χ0n) is 17.0. The minimum atomic E-state index is -0.210. The molecule has 1 N–H and O–H groups in total. The quantitative estimate of drug-likeness (QED) is 0.843. The summed E-state index contributed by atoms with van der Waals surface area (Å²) in [5.74, 6) is -0.362. The minimum absolute atomic E-state index is 0.00861. The van der Waals surface area contributed by atoms with Gasteiger partial charge in [-0.25, -0.2) is 0 Å². The van der Waals surface area contributed by atoms with Gasteiger partial charge in [0.2, 0.25) is 11.8 Å². The molecule has 0 aromatic heterocycles. The van der Waals surface area contributed by atoms with Crippen molar-refractivity contribution in [2.75, 3.05) is 34.8 Å². The summed E-state index contributed by atoms with van der Waals surface area (Å²) in [6.45, 7) is 7.68. The highest BCUT2D eigenvalue weighted by molar-refractivity contribution is 6.01. The SMILES string of the molecule is CC(=O)N(CC(=O)Nc1ccc(C)c(C)c1)c1ccc(N2CCCCC2)cc1. The molecule has 1 saturated heterocycles. The molecule has 2 amide bonds. The fourth-order valence-corrected chi connectivity index (χ4v) is 3.54. The number of hydrogen-bond donors (Lipinski definition) is 1. The van der Waals surface area contributed by atoms with Gasteiger partial charge in [0, 0.05) is 37.1 Å². The molecule has 148 valence electrons. The molecule has 3 rings (SSSR count). The van der Waals surface area contributed by atoms with Crippen LogP contribution in [0.2, 0.25) is 0 Å². The van der Waals surface area contributed by atoms with Crippen LogP contribution in [0.1, 0.15) is 37.3 Å². The second-order valence-corrected chi connectivity index (χ2v) is 7.52. The summed E-state index contributed by atoms with van der Waals surface area (Å²) in [6.07, 6.45) is 3.74. The van der Waals surface area contributed by atoms with Gasteiger partial charge < -0.3 is 15.1 Å². The highest BCUT2D eigenvalue weighted by atomic mass is 16.2. The van der Waals surface area contributed by atoms with Gasteiger partial charge in [0.1, 0.15) is 6.54 Å². The molecule has 1 heterocycles. The predicted molar refractivity (Wildman–Crippen MR) is 115 cm³/mol.